The molecule has 7 heteroatoms. The van der Waals surface area contributed by atoms with Crippen molar-refractivity contribution in [3.63, 3.8) is 0 Å². The van der Waals surface area contributed by atoms with E-state index in [9.17, 15) is 17.6 Å². The van der Waals surface area contributed by atoms with Crippen LogP contribution in [-0.4, -0.2) is 43.2 Å². The zero-order valence-corrected chi connectivity index (χ0v) is 17.0. The van der Waals surface area contributed by atoms with Gasteiger partial charge in [-0.3, -0.25) is 4.79 Å². The second kappa shape index (κ2) is 9.33. The predicted molar refractivity (Wildman–Crippen MR) is 110 cm³/mol. The maximum Gasteiger partial charge on any atom is 0.243 e. The quantitative estimate of drug-likeness (QED) is 0.650. The maximum atomic E-state index is 14.1. The number of piperidine rings is 1. The number of amides is 1. The summed E-state index contributed by atoms with van der Waals surface area (Å²) in [4.78, 5) is 14.9. The molecule has 1 saturated heterocycles. The third-order valence-corrected chi connectivity index (χ3v) is 6.97. The molecule has 1 atom stereocenters. The molecule has 5 nitrogen and oxygen atoms in total. The first-order chi connectivity index (χ1) is 13.9. The molecule has 0 aromatic heterocycles. The molecular formula is C22H25FN2O3S. The lowest BCUT2D eigenvalue weighted by Crippen LogP contribution is -2.46. The van der Waals surface area contributed by atoms with Crippen molar-refractivity contribution in [1.82, 2.24) is 9.21 Å². The van der Waals surface area contributed by atoms with Crippen LogP contribution in [0.2, 0.25) is 0 Å². The van der Waals surface area contributed by atoms with Crippen molar-refractivity contribution in [3.05, 3.63) is 78.6 Å². The van der Waals surface area contributed by atoms with Crippen molar-refractivity contribution >= 4 is 15.9 Å². The number of hydrogen-bond acceptors (Lipinski definition) is 3. The van der Waals surface area contributed by atoms with Gasteiger partial charge in [0.2, 0.25) is 15.9 Å². The van der Waals surface area contributed by atoms with Crippen LogP contribution in [-0.2, 0) is 21.4 Å². The monoisotopic (exact) mass is 416 g/mol. The first-order valence-electron chi connectivity index (χ1n) is 9.61. The molecule has 0 aliphatic carbocycles. The fourth-order valence-corrected chi connectivity index (χ4v) is 5.13. The van der Waals surface area contributed by atoms with E-state index in [4.69, 9.17) is 0 Å². The van der Waals surface area contributed by atoms with Crippen LogP contribution < -0.4 is 0 Å². The van der Waals surface area contributed by atoms with E-state index in [2.05, 4.69) is 6.58 Å². The topological polar surface area (TPSA) is 57.7 Å². The Morgan fingerprint density at radius 3 is 2.55 bits per heavy atom. The van der Waals surface area contributed by atoms with Crippen LogP contribution in [0.15, 0.2) is 72.1 Å². The van der Waals surface area contributed by atoms with Crippen LogP contribution in [0.1, 0.15) is 18.4 Å². The summed E-state index contributed by atoms with van der Waals surface area (Å²) in [5.41, 5.74) is 0.423. The lowest BCUT2D eigenvalue weighted by atomic mass is 9.97. The normalized spacial score (nSPS) is 17.6. The molecule has 1 fully saturated rings. The van der Waals surface area contributed by atoms with Gasteiger partial charge in [-0.2, -0.15) is 4.31 Å². The van der Waals surface area contributed by atoms with Gasteiger partial charge in [0.15, 0.2) is 0 Å². The Kier molecular flexibility index (Phi) is 6.82. The van der Waals surface area contributed by atoms with Gasteiger partial charge in [0.25, 0.3) is 0 Å². The first kappa shape index (κ1) is 21.2. The van der Waals surface area contributed by atoms with Crippen LogP contribution in [0.3, 0.4) is 0 Å². The molecule has 2 aromatic rings. The highest BCUT2D eigenvalue weighted by Gasteiger charge is 2.35. The summed E-state index contributed by atoms with van der Waals surface area (Å²) in [6, 6.07) is 14.6. The van der Waals surface area contributed by atoms with Crippen LogP contribution in [0, 0.1) is 11.7 Å². The highest BCUT2D eigenvalue weighted by Crippen LogP contribution is 2.25. The number of benzene rings is 2. The number of hydrogen-bond donors (Lipinski definition) is 0. The number of nitrogens with zero attached hydrogens (tertiary/aromatic N) is 2. The van der Waals surface area contributed by atoms with Gasteiger partial charge in [0.05, 0.1) is 10.8 Å². The van der Waals surface area contributed by atoms with Gasteiger partial charge in [-0.25, -0.2) is 12.8 Å². The van der Waals surface area contributed by atoms with Crippen LogP contribution in [0.4, 0.5) is 4.39 Å². The highest BCUT2D eigenvalue weighted by molar-refractivity contribution is 7.89. The number of rotatable bonds is 7. The molecule has 1 aliphatic rings. The second-order valence-electron chi connectivity index (χ2n) is 7.11. The summed E-state index contributed by atoms with van der Waals surface area (Å²) in [5, 5.41) is 0. The van der Waals surface area contributed by atoms with Crippen molar-refractivity contribution < 1.29 is 17.6 Å². The van der Waals surface area contributed by atoms with Crippen LogP contribution in [0.5, 0.6) is 0 Å². The van der Waals surface area contributed by atoms with Gasteiger partial charge >= 0.3 is 0 Å². The van der Waals surface area contributed by atoms with Gasteiger partial charge in [-0.1, -0.05) is 42.5 Å². The third-order valence-electron chi connectivity index (χ3n) is 5.09. The molecule has 1 unspecified atom stereocenters. The van der Waals surface area contributed by atoms with Gasteiger partial charge < -0.3 is 4.90 Å². The molecule has 1 amide bonds. The van der Waals surface area contributed by atoms with Gasteiger partial charge in [0, 0.05) is 31.7 Å². The minimum atomic E-state index is -3.65. The Hall–Kier alpha value is -2.51. The standard InChI is InChI=1S/C22H25FN2O3S/c1-2-14-24(16-18-9-6-7-13-21(18)23)22(26)19-10-8-15-25(17-19)29(27,28)20-11-4-3-5-12-20/h2-7,9,11-13,19H,1,8,10,14-17H2. The number of carbonyl (C=O) groups excluding carboxylic acids is 1. The molecule has 3 rings (SSSR count). The van der Waals surface area contributed by atoms with Crippen molar-refractivity contribution in [3.8, 4) is 0 Å². The number of halogens is 1. The van der Waals surface area contributed by atoms with Crippen LogP contribution >= 0.6 is 0 Å². The fraction of sp³-hybridized carbons (Fsp3) is 0.318. The number of carbonyl (C=O) groups is 1. The third kappa shape index (κ3) is 4.92. The zero-order chi connectivity index (χ0) is 20.9. The van der Waals surface area contributed by atoms with E-state index < -0.39 is 15.9 Å². The molecule has 1 heterocycles. The fourth-order valence-electron chi connectivity index (χ4n) is 3.58. The van der Waals surface area contributed by atoms with E-state index >= 15 is 0 Å². The summed E-state index contributed by atoms with van der Waals surface area (Å²) in [7, 11) is -3.65. The van der Waals surface area contributed by atoms with E-state index in [0.717, 1.165) is 0 Å². The molecule has 0 saturated carbocycles. The average molecular weight is 417 g/mol. The summed E-state index contributed by atoms with van der Waals surface area (Å²) in [5.74, 6) is -1.01. The van der Waals surface area contributed by atoms with Crippen molar-refractivity contribution in [2.75, 3.05) is 19.6 Å². The van der Waals surface area contributed by atoms with E-state index in [-0.39, 0.29) is 36.3 Å². The second-order valence-corrected chi connectivity index (χ2v) is 9.05. The Labute approximate surface area is 171 Å². The zero-order valence-electron chi connectivity index (χ0n) is 16.2. The van der Waals surface area contributed by atoms with Gasteiger partial charge in [0.1, 0.15) is 5.82 Å². The Morgan fingerprint density at radius 1 is 1.17 bits per heavy atom. The van der Waals surface area contributed by atoms with E-state index in [1.165, 1.54) is 15.3 Å². The van der Waals surface area contributed by atoms with Crippen molar-refractivity contribution in [2.45, 2.75) is 24.3 Å². The number of sulfonamides is 1. The molecule has 0 spiro atoms. The Balaban J connectivity index is 1.76. The van der Waals surface area contributed by atoms with E-state index in [1.54, 1.807) is 54.6 Å². The van der Waals surface area contributed by atoms with E-state index in [0.29, 0.717) is 24.9 Å². The predicted octanol–water partition coefficient (Wildman–Crippen LogP) is 3.44. The minimum absolute atomic E-state index is 0.124. The molecule has 29 heavy (non-hydrogen) atoms. The molecular weight excluding hydrogens is 391 g/mol. The SMILES string of the molecule is C=CCN(Cc1ccccc1F)C(=O)C1CCCN(S(=O)(=O)c2ccccc2)C1. The van der Waals surface area contributed by atoms with Crippen LogP contribution in [0.25, 0.3) is 0 Å². The Morgan fingerprint density at radius 2 is 1.86 bits per heavy atom. The van der Waals surface area contributed by atoms with Crippen molar-refractivity contribution in [2.24, 2.45) is 5.92 Å². The average Bonchev–Trinajstić information content (AvgIpc) is 2.75. The molecule has 0 radical (unpaired) electrons. The van der Waals surface area contributed by atoms with E-state index in [1.807, 2.05) is 0 Å². The lowest BCUT2D eigenvalue weighted by Gasteiger charge is -2.34. The van der Waals surface area contributed by atoms with Gasteiger partial charge in [-0.15, -0.1) is 6.58 Å². The van der Waals surface area contributed by atoms with Crippen molar-refractivity contribution in [1.29, 1.82) is 0 Å². The first-order valence-corrected chi connectivity index (χ1v) is 11.1. The molecule has 154 valence electrons. The smallest absolute Gasteiger partial charge is 0.243 e. The summed E-state index contributed by atoms with van der Waals surface area (Å²) < 4.78 is 41.3. The maximum absolute atomic E-state index is 14.1. The summed E-state index contributed by atoms with van der Waals surface area (Å²) in [6.45, 7) is 4.60. The summed E-state index contributed by atoms with van der Waals surface area (Å²) in [6.07, 6.45) is 2.80. The molecule has 1 aliphatic heterocycles. The summed E-state index contributed by atoms with van der Waals surface area (Å²) >= 11 is 0. The highest BCUT2D eigenvalue weighted by atomic mass is 32.2. The largest absolute Gasteiger partial charge is 0.334 e. The lowest BCUT2D eigenvalue weighted by molar-refractivity contribution is -0.136. The minimum Gasteiger partial charge on any atom is -0.334 e. The Bertz CT molecular complexity index is 963. The molecule has 0 bridgehead atoms. The molecule has 2 aromatic carbocycles. The van der Waals surface area contributed by atoms with Gasteiger partial charge in [-0.05, 0) is 31.0 Å². The molecule has 0 N–H and O–H groups in total.